The van der Waals surface area contributed by atoms with Crippen LogP contribution in [0.5, 0.6) is 11.5 Å². The Morgan fingerprint density at radius 3 is 2.31 bits per heavy atom. The SMILES string of the molecule is COc1ccc(-c2nc(Nc3ccc(C(=O)O)cc3)sc2CC(=O)O)cc1OC. The van der Waals surface area contributed by atoms with Crippen molar-refractivity contribution in [2.24, 2.45) is 0 Å². The zero-order valence-corrected chi connectivity index (χ0v) is 16.4. The molecule has 0 unspecified atom stereocenters. The Bertz CT molecular complexity index is 1050. The number of hydrogen-bond acceptors (Lipinski definition) is 7. The van der Waals surface area contributed by atoms with Crippen LogP contribution in [0.4, 0.5) is 10.8 Å². The molecule has 9 heteroatoms. The lowest BCUT2D eigenvalue weighted by atomic mass is 10.1. The average molecular weight is 414 g/mol. The van der Waals surface area contributed by atoms with E-state index in [1.807, 2.05) is 0 Å². The molecular weight excluding hydrogens is 396 g/mol. The van der Waals surface area contributed by atoms with Crippen molar-refractivity contribution in [2.75, 3.05) is 19.5 Å². The standard InChI is InChI=1S/C20H18N2O6S/c1-27-14-8-5-12(9-15(14)28-2)18-16(10-17(23)24)29-20(22-18)21-13-6-3-11(4-7-13)19(25)26/h3-9H,10H2,1-2H3,(H,21,22)(H,23,24)(H,25,26). The highest BCUT2D eigenvalue weighted by Crippen LogP contribution is 2.37. The second-order valence-corrected chi connectivity index (χ2v) is 7.02. The number of thiazole rings is 1. The normalized spacial score (nSPS) is 10.4. The molecule has 0 aliphatic carbocycles. The number of carbonyl (C=O) groups is 2. The van der Waals surface area contributed by atoms with Crippen LogP contribution >= 0.6 is 11.3 Å². The first kappa shape index (κ1) is 20.2. The number of ether oxygens (including phenoxy) is 2. The Hall–Kier alpha value is -3.59. The molecule has 0 radical (unpaired) electrons. The van der Waals surface area contributed by atoms with Crippen LogP contribution in [0.15, 0.2) is 42.5 Å². The number of benzene rings is 2. The number of anilines is 2. The fraction of sp³-hybridized carbons (Fsp3) is 0.150. The van der Waals surface area contributed by atoms with Gasteiger partial charge in [0.15, 0.2) is 16.6 Å². The van der Waals surface area contributed by atoms with Gasteiger partial charge in [-0.25, -0.2) is 9.78 Å². The second-order valence-electron chi connectivity index (χ2n) is 5.94. The maximum atomic E-state index is 11.3. The van der Waals surface area contributed by atoms with Crippen LogP contribution in [0.1, 0.15) is 15.2 Å². The van der Waals surface area contributed by atoms with E-state index < -0.39 is 11.9 Å². The van der Waals surface area contributed by atoms with Crippen molar-refractivity contribution in [3.05, 3.63) is 52.9 Å². The first-order valence-electron chi connectivity index (χ1n) is 8.45. The van der Waals surface area contributed by atoms with Crippen LogP contribution in [0.25, 0.3) is 11.3 Å². The van der Waals surface area contributed by atoms with Crippen molar-refractivity contribution < 1.29 is 29.3 Å². The lowest BCUT2D eigenvalue weighted by Crippen LogP contribution is -1.99. The van der Waals surface area contributed by atoms with Crippen LogP contribution in [-0.2, 0) is 11.2 Å². The third-order valence-electron chi connectivity index (χ3n) is 4.05. The van der Waals surface area contributed by atoms with Gasteiger partial charge in [-0.3, -0.25) is 4.79 Å². The summed E-state index contributed by atoms with van der Waals surface area (Å²) in [5.74, 6) is -0.904. The van der Waals surface area contributed by atoms with E-state index in [0.717, 1.165) is 0 Å². The minimum atomic E-state index is -1.01. The highest BCUT2D eigenvalue weighted by molar-refractivity contribution is 7.16. The predicted octanol–water partition coefficient (Wildman–Crippen LogP) is 3.90. The van der Waals surface area contributed by atoms with Crippen molar-refractivity contribution in [3.63, 3.8) is 0 Å². The minimum Gasteiger partial charge on any atom is -0.493 e. The van der Waals surface area contributed by atoms with Crippen molar-refractivity contribution in [1.29, 1.82) is 0 Å². The van der Waals surface area contributed by atoms with Crippen LogP contribution < -0.4 is 14.8 Å². The maximum absolute atomic E-state index is 11.3. The summed E-state index contributed by atoms with van der Waals surface area (Å²) in [5, 5.41) is 21.8. The Balaban J connectivity index is 1.96. The van der Waals surface area contributed by atoms with Crippen molar-refractivity contribution in [3.8, 4) is 22.8 Å². The van der Waals surface area contributed by atoms with Gasteiger partial charge in [0.2, 0.25) is 0 Å². The maximum Gasteiger partial charge on any atom is 0.335 e. The molecule has 0 aliphatic heterocycles. The molecule has 8 nitrogen and oxygen atoms in total. The van der Waals surface area contributed by atoms with Gasteiger partial charge in [0.25, 0.3) is 0 Å². The largest absolute Gasteiger partial charge is 0.493 e. The molecule has 0 saturated heterocycles. The molecule has 3 N–H and O–H groups in total. The quantitative estimate of drug-likeness (QED) is 0.508. The monoisotopic (exact) mass is 414 g/mol. The van der Waals surface area contributed by atoms with E-state index in [0.29, 0.717) is 38.5 Å². The number of aromatic nitrogens is 1. The number of carboxylic acid groups (broad SMARTS) is 2. The number of carboxylic acids is 2. The number of hydrogen-bond donors (Lipinski definition) is 3. The van der Waals surface area contributed by atoms with Crippen molar-refractivity contribution >= 4 is 34.1 Å². The third kappa shape index (κ3) is 4.64. The number of rotatable bonds is 8. The van der Waals surface area contributed by atoms with Gasteiger partial charge in [0.05, 0.1) is 31.9 Å². The minimum absolute atomic E-state index is 0.173. The summed E-state index contributed by atoms with van der Waals surface area (Å²) in [6.45, 7) is 0. The molecule has 0 aliphatic rings. The smallest absolute Gasteiger partial charge is 0.335 e. The molecule has 29 heavy (non-hydrogen) atoms. The molecule has 3 aromatic rings. The fourth-order valence-electron chi connectivity index (χ4n) is 2.69. The molecule has 0 spiro atoms. The average Bonchev–Trinajstić information content (AvgIpc) is 3.09. The molecule has 0 amide bonds. The molecule has 3 rings (SSSR count). The van der Waals surface area contributed by atoms with Gasteiger partial charge < -0.3 is 25.0 Å². The zero-order valence-electron chi connectivity index (χ0n) is 15.6. The summed E-state index contributed by atoms with van der Waals surface area (Å²) < 4.78 is 10.6. The summed E-state index contributed by atoms with van der Waals surface area (Å²) >= 11 is 1.22. The van der Waals surface area contributed by atoms with E-state index in [1.54, 1.807) is 30.3 Å². The third-order valence-corrected chi connectivity index (χ3v) is 5.02. The Morgan fingerprint density at radius 2 is 1.72 bits per heavy atom. The molecule has 1 aromatic heterocycles. The summed E-state index contributed by atoms with van der Waals surface area (Å²) in [6, 6.07) is 11.5. The lowest BCUT2D eigenvalue weighted by molar-refractivity contribution is -0.136. The first-order valence-corrected chi connectivity index (χ1v) is 9.27. The van der Waals surface area contributed by atoms with Gasteiger partial charge in [-0.2, -0.15) is 0 Å². The Morgan fingerprint density at radius 1 is 1.03 bits per heavy atom. The zero-order chi connectivity index (χ0) is 21.0. The summed E-state index contributed by atoms with van der Waals surface area (Å²) in [4.78, 5) is 27.4. The topological polar surface area (TPSA) is 118 Å². The van der Waals surface area contributed by atoms with Crippen molar-refractivity contribution in [2.45, 2.75) is 6.42 Å². The molecule has 1 heterocycles. The van der Waals surface area contributed by atoms with Crippen molar-refractivity contribution in [1.82, 2.24) is 4.98 Å². The molecule has 0 bridgehead atoms. The van der Waals surface area contributed by atoms with E-state index in [-0.39, 0.29) is 12.0 Å². The van der Waals surface area contributed by atoms with E-state index in [4.69, 9.17) is 14.6 Å². The summed E-state index contributed by atoms with van der Waals surface area (Å²) in [7, 11) is 3.06. The number of methoxy groups -OCH3 is 2. The Labute approximate surface area is 170 Å². The van der Waals surface area contributed by atoms with Gasteiger partial charge in [0.1, 0.15) is 0 Å². The van der Waals surface area contributed by atoms with Crippen LogP contribution in [0, 0.1) is 0 Å². The van der Waals surface area contributed by atoms with Gasteiger partial charge in [0, 0.05) is 16.1 Å². The Kier molecular flexibility index (Phi) is 5.99. The molecule has 0 fully saturated rings. The molecule has 0 saturated carbocycles. The summed E-state index contributed by atoms with van der Waals surface area (Å²) in [5.41, 5.74) is 2.05. The van der Waals surface area contributed by atoms with E-state index in [9.17, 15) is 14.7 Å². The number of aliphatic carboxylic acids is 1. The number of aromatic carboxylic acids is 1. The van der Waals surface area contributed by atoms with E-state index in [1.165, 1.54) is 37.7 Å². The predicted molar refractivity (Wildman–Crippen MR) is 109 cm³/mol. The lowest BCUT2D eigenvalue weighted by Gasteiger charge is -2.09. The van der Waals surface area contributed by atoms with Gasteiger partial charge in [-0.05, 0) is 42.5 Å². The van der Waals surface area contributed by atoms with Crippen LogP contribution in [0.2, 0.25) is 0 Å². The number of nitrogens with zero attached hydrogens (tertiary/aromatic N) is 1. The molecule has 2 aromatic carbocycles. The highest BCUT2D eigenvalue weighted by atomic mass is 32.1. The van der Waals surface area contributed by atoms with Crippen LogP contribution in [0.3, 0.4) is 0 Å². The molecule has 150 valence electrons. The first-order chi connectivity index (χ1) is 13.9. The highest BCUT2D eigenvalue weighted by Gasteiger charge is 2.18. The summed E-state index contributed by atoms with van der Waals surface area (Å²) in [6.07, 6.45) is -0.180. The van der Waals surface area contributed by atoms with Gasteiger partial charge >= 0.3 is 11.9 Å². The van der Waals surface area contributed by atoms with Gasteiger partial charge in [-0.1, -0.05) is 0 Å². The van der Waals surface area contributed by atoms with E-state index in [2.05, 4.69) is 10.3 Å². The number of nitrogens with one attached hydrogen (secondary N) is 1. The molecular formula is C20H18N2O6S. The van der Waals surface area contributed by atoms with Gasteiger partial charge in [-0.15, -0.1) is 11.3 Å². The molecule has 0 atom stereocenters. The second kappa shape index (κ2) is 8.61. The van der Waals surface area contributed by atoms with E-state index >= 15 is 0 Å². The van der Waals surface area contributed by atoms with Crippen LogP contribution in [-0.4, -0.2) is 41.4 Å². The fourth-order valence-corrected chi connectivity index (χ4v) is 3.69.